The Labute approximate surface area is 128 Å². The van der Waals surface area contributed by atoms with Gasteiger partial charge in [-0.3, -0.25) is 4.55 Å². The van der Waals surface area contributed by atoms with Gasteiger partial charge in [-0.15, -0.1) is 0 Å². The quantitative estimate of drug-likeness (QED) is 0.440. The molecule has 0 unspecified atom stereocenters. The van der Waals surface area contributed by atoms with Crippen LogP contribution in [0.15, 0.2) is 50.7 Å². The Morgan fingerprint density at radius 1 is 1.17 bits per heavy atom. The maximum atomic E-state index is 11.8. The number of ether oxygens (including phenoxy) is 1. The number of carbonyl (C=O) groups is 2. The number of carbonyl (C=O) groups excluding carboxylic acids is 2. The molecule has 1 aromatic heterocycles. The van der Waals surface area contributed by atoms with Crippen molar-refractivity contribution in [2.75, 3.05) is 0 Å². The van der Waals surface area contributed by atoms with Gasteiger partial charge in [-0.05, 0) is 24.3 Å². The molecule has 0 aliphatic heterocycles. The fraction of sp³-hybridized carbons (Fsp3) is 0. The summed E-state index contributed by atoms with van der Waals surface area (Å²) in [6.45, 7) is 0. The number of hydrogen-bond donors (Lipinski definition) is 1. The highest BCUT2D eigenvalue weighted by Crippen LogP contribution is 2.23. The molecule has 0 atom stereocenters. The Balaban J connectivity index is 2.39. The Hall–Kier alpha value is -2.98. The molecule has 0 saturated carbocycles. The van der Waals surface area contributed by atoms with E-state index in [-0.39, 0.29) is 5.56 Å². The predicted molar refractivity (Wildman–Crippen MR) is 70.5 cm³/mol. The zero-order chi connectivity index (χ0) is 17.2. The van der Waals surface area contributed by atoms with Crippen molar-refractivity contribution in [2.24, 2.45) is 0 Å². The molecule has 1 aromatic carbocycles. The highest BCUT2D eigenvalue weighted by molar-refractivity contribution is 7.85. The van der Waals surface area contributed by atoms with Gasteiger partial charge in [-0.1, -0.05) is 0 Å². The van der Waals surface area contributed by atoms with Crippen molar-refractivity contribution in [2.45, 2.75) is 4.90 Å². The molecule has 0 fully saturated rings. The Kier molecular flexibility index (Phi) is 4.29. The number of hydrogen-bond acceptors (Lipinski definition) is 8. The third kappa shape index (κ3) is 3.81. The molecule has 2 aromatic rings. The summed E-state index contributed by atoms with van der Waals surface area (Å²) in [5.74, 6) is -3.37. The van der Waals surface area contributed by atoms with E-state index in [9.17, 15) is 27.9 Å². The van der Waals surface area contributed by atoms with E-state index < -0.39 is 43.9 Å². The predicted octanol–water partition coefficient (Wildman–Crippen LogP) is -0.531. The maximum absolute atomic E-state index is 11.8. The van der Waals surface area contributed by atoms with Crippen LogP contribution in [0.3, 0.4) is 0 Å². The SMILES string of the molecule is O=C(Oc1ccc(S(=O)(=O)O)cc1C(=O)[O-])c1ccc(=O)oc1. The number of esters is 1. The molecule has 120 valence electrons. The average Bonchev–Trinajstić information content (AvgIpc) is 2.46. The summed E-state index contributed by atoms with van der Waals surface area (Å²) in [6.07, 6.45) is 0.815. The third-order valence-electron chi connectivity index (χ3n) is 2.61. The lowest BCUT2D eigenvalue weighted by Gasteiger charge is -2.11. The minimum Gasteiger partial charge on any atom is -0.545 e. The number of benzene rings is 1. The Morgan fingerprint density at radius 3 is 2.39 bits per heavy atom. The van der Waals surface area contributed by atoms with Crippen molar-refractivity contribution in [3.05, 3.63) is 58.1 Å². The first kappa shape index (κ1) is 16.4. The van der Waals surface area contributed by atoms with Crippen LogP contribution in [0.2, 0.25) is 0 Å². The second kappa shape index (κ2) is 6.02. The maximum Gasteiger partial charge on any atom is 0.346 e. The lowest BCUT2D eigenvalue weighted by molar-refractivity contribution is -0.255. The van der Waals surface area contributed by atoms with Gasteiger partial charge in [0.05, 0.1) is 16.4 Å². The first-order valence-corrected chi connectivity index (χ1v) is 7.26. The lowest BCUT2D eigenvalue weighted by atomic mass is 10.2. The van der Waals surface area contributed by atoms with Gasteiger partial charge in [0.2, 0.25) is 0 Å². The first-order valence-electron chi connectivity index (χ1n) is 5.82. The van der Waals surface area contributed by atoms with E-state index >= 15 is 0 Å². The summed E-state index contributed by atoms with van der Waals surface area (Å²) < 4.78 is 40.1. The van der Waals surface area contributed by atoms with Gasteiger partial charge >= 0.3 is 11.6 Å². The second-order valence-corrected chi connectivity index (χ2v) is 5.57. The fourth-order valence-corrected chi connectivity index (χ4v) is 2.06. The number of carboxylic acids is 1. The molecule has 0 radical (unpaired) electrons. The largest absolute Gasteiger partial charge is 0.545 e. The molecule has 10 heteroatoms. The van der Waals surface area contributed by atoms with Gasteiger partial charge in [0.15, 0.2) is 0 Å². The number of aromatic carboxylic acids is 1. The van der Waals surface area contributed by atoms with Crippen LogP contribution >= 0.6 is 0 Å². The lowest BCUT2D eigenvalue weighted by Crippen LogP contribution is -2.24. The van der Waals surface area contributed by atoms with Crippen molar-refractivity contribution in [3.63, 3.8) is 0 Å². The molecule has 1 N–H and O–H groups in total. The standard InChI is InChI=1S/C13H8O9S/c14-11-4-1-7(6-21-11)13(17)22-10-3-2-8(23(18,19)20)5-9(10)12(15)16/h1-6H,(H,15,16)(H,18,19,20)/p-1. The molecular weight excluding hydrogens is 332 g/mol. The average molecular weight is 339 g/mol. The van der Waals surface area contributed by atoms with E-state index in [4.69, 9.17) is 9.29 Å². The van der Waals surface area contributed by atoms with Crippen LogP contribution in [0.4, 0.5) is 0 Å². The Bertz CT molecular complexity index is 920. The minimum atomic E-state index is -4.64. The molecule has 23 heavy (non-hydrogen) atoms. The summed E-state index contributed by atoms with van der Waals surface area (Å²) in [5, 5.41) is 11.0. The highest BCUT2D eigenvalue weighted by atomic mass is 32.2. The molecule has 2 rings (SSSR count). The van der Waals surface area contributed by atoms with Gasteiger partial charge in [0.25, 0.3) is 10.1 Å². The summed E-state index contributed by atoms with van der Waals surface area (Å²) in [4.78, 5) is 32.9. The minimum absolute atomic E-state index is 0.173. The van der Waals surface area contributed by atoms with E-state index in [0.29, 0.717) is 6.07 Å². The normalized spacial score (nSPS) is 11.0. The number of rotatable bonds is 4. The molecule has 0 bridgehead atoms. The van der Waals surface area contributed by atoms with Crippen LogP contribution in [0.1, 0.15) is 20.7 Å². The van der Waals surface area contributed by atoms with Crippen LogP contribution in [0.25, 0.3) is 0 Å². The topological polar surface area (TPSA) is 151 Å². The van der Waals surface area contributed by atoms with Crippen molar-refractivity contribution in [1.29, 1.82) is 0 Å². The first-order chi connectivity index (χ1) is 10.7. The van der Waals surface area contributed by atoms with E-state index in [1.54, 1.807) is 0 Å². The molecular formula is C13H7O9S-. The van der Waals surface area contributed by atoms with E-state index in [1.165, 1.54) is 0 Å². The van der Waals surface area contributed by atoms with Crippen molar-refractivity contribution < 1.29 is 36.8 Å². The molecule has 0 aliphatic rings. The smallest absolute Gasteiger partial charge is 0.346 e. The van der Waals surface area contributed by atoms with E-state index in [1.807, 2.05) is 0 Å². The number of carboxylic acid groups (broad SMARTS) is 1. The van der Waals surface area contributed by atoms with Gasteiger partial charge < -0.3 is 19.1 Å². The molecule has 0 amide bonds. The van der Waals surface area contributed by atoms with Crippen LogP contribution in [-0.2, 0) is 10.1 Å². The summed E-state index contributed by atoms with van der Waals surface area (Å²) >= 11 is 0. The van der Waals surface area contributed by atoms with Gasteiger partial charge in [0.1, 0.15) is 12.0 Å². The zero-order valence-electron chi connectivity index (χ0n) is 11.1. The van der Waals surface area contributed by atoms with Crippen molar-refractivity contribution in [1.82, 2.24) is 0 Å². The van der Waals surface area contributed by atoms with Crippen LogP contribution in [0, 0.1) is 0 Å². The summed E-state index contributed by atoms with van der Waals surface area (Å²) in [7, 11) is -4.64. The van der Waals surface area contributed by atoms with Gasteiger partial charge in [-0.25, -0.2) is 9.59 Å². The van der Waals surface area contributed by atoms with Crippen molar-refractivity contribution >= 4 is 22.1 Å². The van der Waals surface area contributed by atoms with E-state index in [2.05, 4.69) is 4.42 Å². The highest BCUT2D eigenvalue weighted by Gasteiger charge is 2.17. The van der Waals surface area contributed by atoms with Gasteiger partial charge in [0, 0.05) is 11.6 Å². The summed E-state index contributed by atoms with van der Waals surface area (Å²) in [5.41, 5.74) is -1.63. The molecule has 1 heterocycles. The van der Waals surface area contributed by atoms with Crippen LogP contribution < -0.4 is 15.5 Å². The molecule has 0 saturated heterocycles. The van der Waals surface area contributed by atoms with Crippen molar-refractivity contribution in [3.8, 4) is 5.75 Å². The third-order valence-corrected chi connectivity index (χ3v) is 3.46. The monoisotopic (exact) mass is 339 g/mol. The zero-order valence-corrected chi connectivity index (χ0v) is 11.9. The fourth-order valence-electron chi connectivity index (χ4n) is 1.55. The van der Waals surface area contributed by atoms with Crippen LogP contribution in [-0.4, -0.2) is 24.9 Å². The van der Waals surface area contributed by atoms with Gasteiger partial charge in [-0.2, -0.15) is 8.42 Å². The van der Waals surface area contributed by atoms with Crippen LogP contribution in [0.5, 0.6) is 5.75 Å². The molecule has 9 nitrogen and oxygen atoms in total. The molecule has 0 aliphatic carbocycles. The van der Waals surface area contributed by atoms with E-state index in [0.717, 1.165) is 30.5 Å². The second-order valence-electron chi connectivity index (χ2n) is 4.15. The Morgan fingerprint density at radius 2 is 1.87 bits per heavy atom. The summed E-state index contributed by atoms with van der Waals surface area (Å²) in [6, 6.07) is 4.34. The molecule has 0 spiro atoms.